The van der Waals surface area contributed by atoms with Crippen LogP contribution in [0.15, 0.2) is 58.4 Å². The molecule has 9 nitrogen and oxygen atoms in total. The molecule has 5 rings (SSSR count). The van der Waals surface area contributed by atoms with Crippen molar-refractivity contribution in [2.24, 2.45) is 15.9 Å². The number of carbonyl (C=O) groups is 1. The summed E-state index contributed by atoms with van der Waals surface area (Å²) in [5, 5.41) is 13.4. The third-order valence-corrected chi connectivity index (χ3v) is 7.08. The fourth-order valence-corrected chi connectivity index (χ4v) is 4.66. The Morgan fingerprint density at radius 3 is 2.58 bits per heavy atom. The zero-order chi connectivity index (χ0) is 24.9. The Kier molecular flexibility index (Phi) is 7.46. The van der Waals surface area contributed by atoms with Crippen LogP contribution in [0, 0.1) is 5.92 Å². The summed E-state index contributed by atoms with van der Waals surface area (Å²) in [6.07, 6.45) is 8.91. The molecular weight excluding hydrogens is 452 g/mol. The second kappa shape index (κ2) is 11.1. The first kappa shape index (κ1) is 24.2. The predicted molar refractivity (Wildman–Crippen MR) is 145 cm³/mol. The Labute approximate surface area is 212 Å². The molecule has 3 N–H and O–H groups in total. The van der Waals surface area contributed by atoms with E-state index in [9.17, 15) is 4.79 Å². The number of benzene rings is 1. The zero-order valence-electron chi connectivity index (χ0n) is 21.2. The van der Waals surface area contributed by atoms with Gasteiger partial charge < -0.3 is 15.5 Å². The van der Waals surface area contributed by atoms with Gasteiger partial charge in [-0.15, -0.1) is 0 Å². The third-order valence-electron chi connectivity index (χ3n) is 7.08. The van der Waals surface area contributed by atoms with E-state index in [2.05, 4.69) is 56.6 Å². The maximum atomic E-state index is 12.1. The number of nitrogens with one attached hydrogen (secondary N) is 3. The molecule has 190 valence electrons. The summed E-state index contributed by atoms with van der Waals surface area (Å²) < 4.78 is 0. The Bertz CT molecular complexity index is 1110. The van der Waals surface area contributed by atoms with Crippen molar-refractivity contribution < 1.29 is 4.79 Å². The second-order valence-electron chi connectivity index (χ2n) is 9.88. The minimum atomic E-state index is -0.141. The Hall–Kier alpha value is -3.46. The molecule has 0 radical (unpaired) electrons. The molecule has 2 unspecified atom stereocenters. The molecule has 1 aliphatic carbocycles. The summed E-state index contributed by atoms with van der Waals surface area (Å²) in [7, 11) is 0. The van der Waals surface area contributed by atoms with Crippen LogP contribution in [0.2, 0.25) is 0 Å². The molecule has 2 fully saturated rings. The van der Waals surface area contributed by atoms with Crippen molar-refractivity contribution >= 4 is 29.5 Å². The first-order valence-corrected chi connectivity index (χ1v) is 13.1. The van der Waals surface area contributed by atoms with Crippen LogP contribution < -0.4 is 10.6 Å². The molecule has 1 saturated carbocycles. The van der Waals surface area contributed by atoms with E-state index in [-0.39, 0.29) is 23.8 Å². The van der Waals surface area contributed by atoms with Crippen LogP contribution in [0.25, 0.3) is 0 Å². The van der Waals surface area contributed by atoms with Crippen LogP contribution in [0.5, 0.6) is 0 Å². The quantitative estimate of drug-likeness (QED) is 0.526. The normalized spacial score (nSPS) is 21.4. The molecule has 0 spiro atoms. The van der Waals surface area contributed by atoms with Gasteiger partial charge in [0.15, 0.2) is 0 Å². The Morgan fingerprint density at radius 2 is 1.92 bits per heavy atom. The molecule has 9 heteroatoms. The van der Waals surface area contributed by atoms with E-state index in [1.807, 2.05) is 30.5 Å². The van der Waals surface area contributed by atoms with Crippen molar-refractivity contribution in [3.8, 4) is 0 Å². The van der Waals surface area contributed by atoms with E-state index < -0.39 is 0 Å². The van der Waals surface area contributed by atoms with Gasteiger partial charge in [-0.3, -0.25) is 19.8 Å². The number of aliphatic imine (C=N–C) groups is 2. The van der Waals surface area contributed by atoms with E-state index in [0.717, 1.165) is 74.3 Å². The molecule has 1 amide bonds. The average Bonchev–Trinajstić information content (AvgIpc) is 3.66. The van der Waals surface area contributed by atoms with E-state index in [1.54, 1.807) is 6.20 Å². The van der Waals surface area contributed by atoms with Gasteiger partial charge in [-0.1, -0.05) is 26.0 Å². The molecule has 0 bridgehead atoms. The summed E-state index contributed by atoms with van der Waals surface area (Å²) >= 11 is 0. The number of carbonyl (C=O) groups excluding carboxylic acids is 1. The van der Waals surface area contributed by atoms with Crippen LogP contribution in [-0.4, -0.2) is 76.7 Å². The topological polar surface area (TPSA) is 101 Å². The zero-order valence-corrected chi connectivity index (χ0v) is 21.2. The molecular formula is C27H36N8O. The van der Waals surface area contributed by atoms with Crippen LogP contribution in [-0.2, 0) is 4.79 Å². The Balaban J connectivity index is 1.32. The lowest BCUT2D eigenvalue weighted by molar-refractivity contribution is -0.117. The predicted octanol–water partition coefficient (Wildman–Crippen LogP) is 3.69. The number of amides is 1. The third kappa shape index (κ3) is 6.02. The number of aromatic nitrogens is 2. The molecule has 36 heavy (non-hydrogen) atoms. The van der Waals surface area contributed by atoms with Gasteiger partial charge in [-0.05, 0) is 43.5 Å². The number of hydrogen-bond acceptors (Lipinski definition) is 7. The van der Waals surface area contributed by atoms with Gasteiger partial charge in [0, 0.05) is 62.1 Å². The van der Waals surface area contributed by atoms with Crippen molar-refractivity contribution in [2.75, 3.05) is 43.4 Å². The summed E-state index contributed by atoms with van der Waals surface area (Å²) in [6.45, 7) is 9.54. The van der Waals surface area contributed by atoms with Crippen molar-refractivity contribution in [2.45, 2.75) is 45.1 Å². The number of anilines is 2. The number of rotatable bonds is 8. The van der Waals surface area contributed by atoms with Crippen molar-refractivity contribution in [3.63, 3.8) is 0 Å². The molecule has 1 aromatic carbocycles. The van der Waals surface area contributed by atoms with E-state index in [1.165, 1.54) is 6.42 Å². The number of piperazine rings is 1. The molecule has 2 aromatic rings. The summed E-state index contributed by atoms with van der Waals surface area (Å²) in [6, 6.07) is 9.85. The van der Waals surface area contributed by atoms with Crippen LogP contribution in [0.1, 0.15) is 44.6 Å². The number of nitrogens with zero attached hydrogens (tertiary/aromatic N) is 5. The molecule has 1 aromatic heterocycles. The second-order valence-corrected chi connectivity index (χ2v) is 9.88. The first-order chi connectivity index (χ1) is 17.6. The fourth-order valence-electron chi connectivity index (χ4n) is 4.66. The fraction of sp³-hybridized carbons (Fsp3) is 0.481. The average molecular weight is 489 g/mol. The van der Waals surface area contributed by atoms with Gasteiger partial charge in [0.1, 0.15) is 17.5 Å². The summed E-state index contributed by atoms with van der Waals surface area (Å²) in [5.41, 5.74) is 1.99. The van der Waals surface area contributed by atoms with Gasteiger partial charge in [0.05, 0.1) is 12.2 Å². The van der Waals surface area contributed by atoms with Crippen LogP contribution in [0.4, 0.5) is 11.5 Å². The number of H-pyrrole nitrogens is 1. The number of aromatic amines is 1. The lowest BCUT2D eigenvalue weighted by atomic mass is 9.94. The molecule has 3 aliphatic rings. The number of amidine groups is 1. The SMILES string of the molecule is CCCN1CCN(C2=CC(Nc3ccn[nH]3)=NC(C(C)c3ccc(NC(=O)C4CC4)cc3)C=N2)CC1. The van der Waals surface area contributed by atoms with Gasteiger partial charge in [0.2, 0.25) is 5.91 Å². The standard InChI is InChI=1S/C27H36N8O/c1-3-12-34-13-15-35(16-14-34)26-17-25(32-24-10-11-29-33-24)31-23(18-28-26)19(2)20-6-8-22(9-7-20)30-27(36)21-4-5-21/h6-11,17-19,21,23H,3-5,12-16H2,1-2H3,(H,30,36)(H2,29,31,32,33). The highest BCUT2D eigenvalue weighted by Gasteiger charge is 2.29. The highest BCUT2D eigenvalue weighted by molar-refractivity contribution is 6.05. The minimum absolute atomic E-state index is 0.106. The van der Waals surface area contributed by atoms with Crippen LogP contribution in [0.3, 0.4) is 0 Å². The maximum Gasteiger partial charge on any atom is 0.227 e. The monoisotopic (exact) mass is 488 g/mol. The van der Waals surface area contributed by atoms with Crippen molar-refractivity contribution in [1.29, 1.82) is 0 Å². The summed E-state index contributed by atoms with van der Waals surface area (Å²) in [5.74, 6) is 2.91. The van der Waals surface area contributed by atoms with Gasteiger partial charge in [-0.25, -0.2) is 4.99 Å². The van der Waals surface area contributed by atoms with Crippen molar-refractivity contribution in [1.82, 2.24) is 20.0 Å². The number of hydrogen-bond donors (Lipinski definition) is 3. The van der Waals surface area contributed by atoms with Gasteiger partial charge >= 0.3 is 0 Å². The van der Waals surface area contributed by atoms with E-state index in [4.69, 9.17) is 9.98 Å². The van der Waals surface area contributed by atoms with E-state index in [0.29, 0.717) is 0 Å². The molecule has 3 heterocycles. The van der Waals surface area contributed by atoms with Gasteiger partial charge in [-0.2, -0.15) is 5.10 Å². The summed E-state index contributed by atoms with van der Waals surface area (Å²) in [4.78, 5) is 26.9. The van der Waals surface area contributed by atoms with Gasteiger partial charge in [0.25, 0.3) is 0 Å². The molecule has 1 saturated heterocycles. The minimum Gasteiger partial charge on any atom is -0.354 e. The van der Waals surface area contributed by atoms with E-state index >= 15 is 0 Å². The highest BCUT2D eigenvalue weighted by Crippen LogP contribution is 2.31. The largest absolute Gasteiger partial charge is 0.354 e. The van der Waals surface area contributed by atoms with Crippen molar-refractivity contribution in [3.05, 3.63) is 54.0 Å². The highest BCUT2D eigenvalue weighted by atomic mass is 16.2. The maximum absolute atomic E-state index is 12.1. The lowest BCUT2D eigenvalue weighted by Gasteiger charge is -2.35. The molecule has 2 aliphatic heterocycles. The van der Waals surface area contributed by atoms with Crippen LogP contribution >= 0.6 is 0 Å². The first-order valence-electron chi connectivity index (χ1n) is 13.1. The molecule has 2 atom stereocenters. The lowest BCUT2D eigenvalue weighted by Crippen LogP contribution is -2.45. The Morgan fingerprint density at radius 1 is 1.14 bits per heavy atom. The smallest absolute Gasteiger partial charge is 0.227 e.